The van der Waals surface area contributed by atoms with Crippen molar-refractivity contribution in [1.29, 1.82) is 0 Å². The number of hydrogen-bond acceptors (Lipinski definition) is 2. The molecular weight excluding hydrogens is 126 g/mol. The summed E-state index contributed by atoms with van der Waals surface area (Å²) < 4.78 is 0. The minimum Gasteiger partial charge on any atom is -0.288 e. The van der Waals surface area contributed by atoms with E-state index in [-0.39, 0.29) is 6.10 Å². The van der Waals surface area contributed by atoms with Gasteiger partial charge >= 0.3 is 0 Å². The molecule has 0 radical (unpaired) electrons. The zero-order chi connectivity index (χ0) is 7.82. The Morgan fingerprint density at radius 2 is 2.30 bits per heavy atom. The van der Waals surface area contributed by atoms with Crippen molar-refractivity contribution in [3.63, 3.8) is 0 Å². The van der Waals surface area contributed by atoms with Crippen LogP contribution in [0.5, 0.6) is 0 Å². The molecule has 0 fully saturated rings. The van der Waals surface area contributed by atoms with Crippen LogP contribution in [0.15, 0.2) is 0 Å². The van der Waals surface area contributed by atoms with Gasteiger partial charge in [0.15, 0.2) is 0 Å². The second kappa shape index (κ2) is 6.60. The number of terminal acetylenes is 1. The van der Waals surface area contributed by atoms with Gasteiger partial charge in [-0.05, 0) is 12.8 Å². The summed E-state index contributed by atoms with van der Waals surface area (Å²) in [5, 5.41) is 0. The van der Waals surface area contributed by atoms with E-state index in [0.717, 1.165) is 12.8 Å². The van der Waals surface area contributed by atoms with Crippen LogP contribution in [0.4, 0.5) is 0 Å². The first-order valence-corrected chi connectivity index (χ1v) is 3.66. The molecule has 0 spiro atoms. The Balaban J connectivity index is 3.20. The van der Waals surface area contributed by atoms with Gasteiger partial charge in [-0.2, -0.15) is 0 Å². The lowest BCUT2D eigenvalue weighted by Gasteiger charge is -2.05. The van der Waals surface area contributed by atoms with Gasteiger partial charge in [-0.25, -0.2) is 5.90 Å². The van der Waals surface area contributed by atoms with Gasteiger partial charge in [0.05, 0.1) is 0 Å². The second-order valence-electron chi connectivity index (χ2n) is 2.29. The molecule has 0 heterocycles. The Morgan fingerprint density at radius 1 is 1.60 bits per heavy atom. The van der Waals surface area contributed by atoms with Crippen molar-refractivity contribution in [2.75, 3.05) is 0 Å². The fourth-order valence-corrected chi connectivity index (χ4v) is 0.770. The van der Waals surface area contributed by atoms with Crippen molar-refractivity contribution < 1.29 is 4.84 Å². The molecule has 0 saturated heterocycles. The molecule has 10 heavy (non-hydrogen) atoms. The normalized spacial score (nSPS) is 12.5. The van der Waals surface area contributed by atoms with Gasteiger partial charge in [-0.3, -0.25) is 4.84 Å². The molecule has 0 aliphatic carbocycles. The summed E-state index contributed by atoms with van der Waals surface area (Å²) in [6, 6.07) is 0. The summed E-state index contributed by atoms with van der Waals surface area (Å²) in [7, 11) is 0. The second-order valence-corrected chi connectivity index (χ2v) is 2.29. The zero-order valence-corrected chi connectivity index (χ0v) is 6.47. The number of unbranched alkanes of at least 4 members (excludes halogenated alkanes) is 2. The van der Waals surface area contributed by atoms with Crippen molar-refractivity contribution in [2.45, 2.75) is 38.7 Å². The molecule has 2 nitrogen and oxygen atoms in total. The van der Waals surface area contributed by atoms with Gasteiger partial charge in [-0.1, -0.05) is 25.7 Å². The predicted octanol–water partition coefficient (Wildman–Crippen LogP) is 1.46. The fraction of sp³-hybridized carbons (Fsp3) is 0.750. The summed E-state index contributed by atoms with van der Waals surface area (Å²) in [5.41, 5.74) is 0. The maximum absolute atomic E-state index is 5.11. The van der Waals surface area contributed by atoms with Crippen LogP contribution in [0.25, 0.3) is 0 Å². The molecule has 58 valence electrons. The number of nitrogens with two attached hydrogens (primary N) is 1. The lowest BCUT2D eigenvalue weighted by Crippen LogP contribution is -2.14. The third-order valence-electron chi connectivity index (χ3n) is 1.42. The van der Waals surface area contributed by atoms with Gasteiger partial charge in [0, 0.05) is 0 Å². The summed E-state index contributed by atoms with van der Waals surface area (Å²) >= 11 is 0. The fourth-order valence-electron chi connectivity index (χ4n) is 0.770. The molecule has 0 amide bonds. The maximum Gasteiger partial charge on any atom is 0.139 e. The first-order valence-electron chi connectivity index (χ1n) is 3.66. The SMILES string of the molecule is C#C[C@@H](CCCCC)ON. The van der Waals surface area contributed by atoms with Gasteiger partial charge < -0.3 is 0 Å². The van der Waals surface area contributed by atoms with Crippen LogP contribution >= 0.6 is 0 Å². The Bertz CT molecular complexity index is 106. The molecule has 0 aliphatic heterocycles. The standard InChI is InChI=1S/C8H15NO/c1-3-5-6-7-8(4-2)10-9/h2,8H,3,5-7,9H2,1H3/t8-/m0/s1. The summed E-state index contributed by atoms with van der Waals surface area (Å²) in [6.45, 7) is 2.15. The topological polar surface area (TPSA) is 35.2 Å². The third-order valence-corrected chi connectivity index (χ3v) is 1.42. The first-order chi connectivity index (χ1) is 4.85. The van der Waals surface area contributed by atoms with E-state index in [1.807, 2.05) is 0 Å². The van der Waals surface area contributed by atoms with Gasteiger partial charge in [0.2, 0.25) is 0 Å². The first kappa shape index (κ1) is 9.48. The van der Waals surface area contributed by atoms with E-state index in [9.17, 15) is 0 Å². The van der Waals surface area contributed by atoms with Gasteiger partial charge in [-0.15, -0.1) is 6.42 Å². The van der Waals surface area contributed by atoms with Crippen molar-refractivity contribution >= 4 is 0 Å². The Morgan fingerprint density at radius 3 is 2.70 bits per heavy atom. The van der Waals surface area contributed by atoms with Crippen molar-refractivity contribution in [3.8, 4) is 12.3 Å². The highest BCUT2D eigenvalue weighted by Crippen LogP contribution is 2.03. The van der Waals surface area contributed by atoms with E-state index < -0.39 is 0 Å². The third kappa shape index (κ3) is 4.37. The quantitative estimate of drug-likeness (QED) is 0.357. The molecule has 2 heteroatoms. The summed E-state index contributed by atoms with van der Waals surface area (Å²) in [4.78, 5) is 4.51. The highest BCUT2D eigenvalue weighted by atomic mass is 16.6. The molecule has 0 aromatic rings. The predicted molar refractivity (Wildman–Crippen MR) is 42.0 cm³/mol. The highest BCUT2D eigenvalue weighted by molar-refractivity contribution is 4.93. The molecule has 0 bridgehead atoms. The van der Waals surface area contributed by atoms with E-state index >= 15 is 0 Å². The van der Waals surface area contributed by atoms with Crippen LogP contribution in [0, 0.1) is 12.3 Å². The monoisotopic (exact) mass is 141 g/mol. The molecule has 0 aliphatic rings. The molecule has 0 aromatic heterocycles. The van der Waals surface area contributed by atoms with E-state index in [4.69, 9.17) is 12.3 Å². The van der Waals surface area contributed by atoms with Crippen LogP contribution < -0.4 is 5.90 Å². The number of rotatable bonds is 5. The molecule has 0 saturated carbocycles. The van der Waals surface area contributed by atoms with E-state index in [1.54, 1.807) is 0 Å². The summed E-state index contributed by atoms with van der Waals surface area (Å²) in [5.74, 6) is 7.39. The lowest BCUT2D eigenvalue weighted by molar-refractivity contribution is 0.0853. The minimum absolute atomic E-state index is 0.188. The average molecular weight is 141 g/mol. The van der Waals surface area contributed by atoms with E-state index in [1.165, 1.54) is 12.8 Å². The largest absolute Gasteiger partial charge is 0.288 e. The lowest BCUT2D eigenvalue weighted by atomic mass is 10.1. The molecule has 1 atom stereocenters. The minimum atomic E-state index is -0.188. The maximum atomic E-state index is 5.11. The Hall–Kier alpha value is -0.520. The molecular formula is C8H15NO. The molecule has 0 rings (SSSR count). The van der Waals surface area contributed by atoms with Crippen LogP contribution in [0.3, 0.4) is 0 Å². The van der Waals surface area contributed by atoms with Crippen LogP contribution in [0.1, 0.15) is 32.6 Å². The zero-order valence-electron chi connectivity index (χ0n) is 6.47. The van der Waals surface area contributed by atoms with Crippen molar-refractivity contribution in [2.24, 2.45) is 5.90 Å². The summed E-state index contributed by atoms with van der Waals surface area (Å²) in [6.07, 6.45) is 9.29. The smallest absolute Gasteiger partial charge is 0.139 e. The average Bonchev–Trinajstić information content (AvgIpc) is 1.99. The van der Waals surface area contributed by atoms with Gasteiger partial charge in [0.25, 0.3) is 0 Å². The number of hydrogen-bond donors (Lipinski definition) is 1. The van der Waals surface area contributed by atoms with Crippen LogP contribution in [0.2, 0.25) is 0 Å². The van der Waals surface area contributed by atoms with E-state index in [0.29, 0.717) is 0 Å². The van der Waals surface area contributed by atoms with E-state index in [2.05, 4.69) is 17.7 Å². The Kier molecular flexibility index (Phi) is 6.25. The van der Waals surface area contributed by atoms with Crippen molar-refractivity contribution in [1.82, 2.24) is 0 Å². The molecule has 0 aromatic carbocycles. The van der Waals surface area contributed by atoms with Crippen LogP contribution in [-0.2, 0) is 4.84 Å². The molecule has 2 N–H and O–H groups in total. The highest BCUT2D eigenvalue weighted by Gasteiger charge is 2.00. The molecule has 0 unspecified atom stereocenters. The Labute approximate surface area is 62.7 Å². The van der Waals surface area contributed by atoms with Crippen molar-refractivity contribution in [3.05, 3.63) is 0 Å². The van der Waals surface area contributed by atoms with Crippen LogP contribution in [-0.4, -0.2) is 6.10 Å². The van der Waals surface area contributed by atoms with Gasteiger partial charge in [0.1, 0.15) is 6.10 Å².